The molecule has 0 heterocycles. The second-order valence-electron chi connectivity index (χ2n) is 5.20. The minimum Gasteiger partial charge on any atom is -0.347 e. The molecule has 0 rings (SSSR count). The molecule has 0 fully saturated rings. The summed E-state index contributed by atoms with van der Waals surface area (Å²) in [5.74, 6) is -0.731. The van der Waals surface area contributed by atoms with Crippen molar-refractivity contribution in [1.82, 2.24) is 15.5 Å². The highest BCUT2D eigenvalue weighted by molar-refractivity contribution is 5.88. The van der Waals surface area contributed by atoms with Crippen LogP contribution in [0.2, 0.25) is 0 Å². The fourth-order valence-corrected chi connectivity index (χ4v) is 1.57. The van der Waals surface area contributed by atoms with Gasteiger partial charge < -0.3 is 15.5 Å². The van der Waals surface area contributed by atoms with Crippen LogP contribution in [-0.2, 0) is 9.59 Å². The maximum absolute atomic E-state index is 11.9. The second-order valence-corrected chi connectivity index (χ2v) is 5.20. The van der Waals surface area contributed by atoms with E-state index in [0.29, 0.717) is 6.42 Å². The van der Waals surface area contributed by atoms with Gasteiger partial charge in [0.15, 0.2) is 0 Å². The molecule has 0 radical (unpaired) electrons. The summed E-state index contributed by atoms with van der Waals surface area (Å²) in [6, 6.07) is -0.717. The molecule has 0 aliphatic carbocycles. The third-order valence-electron chi connectivity index (χ3n) is 2.39. The van der Waals surface area contributed by atoms with Gasteiger partial charge in [-0.25, -0.2) is 0 Å². The SMILES string of the molecule is CC(C)CC(NC(=O)CNCC(F)(F)F)C(=O)N(C)C. The van der Waals surface area contributed by atoms with E-state index in [1.54, 1.807) is 14.1 Å². The molecule has 1 atom stereocenters. The highest BCUT2D eigenvalue weighted by Gasteiger charge is 2.27. The number of rotatable bonds is 7. The molecule has 2 amide bonds. The van der Waals surface area contributed by atoms with E-state index in [-0.39, 0.29) is 11.8 Å². The van der Waals surface area contributed by atoms with Crippen LogP contribution >= 0.6 is 0 Å². The van der Waals surface area contributed by atoms with Gasteiger partial charge in [0.1, 0.15) is 6.04 Å². The van der Waals surface area contributed by atoms with Gasteiger partial charge >= 0.3 is 6.18 Å². The van der Waals surface area contributed by atoms with Gasteiger partial charge in [0, 0.05) is 14.1 Å². The summed E-state index contributed by atoms with van der Waals surface area (Å²) in [4.78, 5) is 24.7. The Kier molecular flexibility index (Phi) is 7.55. The van der Waals surface area contributed by atoms with E-state index >= 15 is 0 Å². The normalized spacial score (nSPS) is 13.2. The molecule has 8 heteroatoms. The van der Waals surface area contributed by atoms with Crippen LogP contribution in [0.5, 0.6) is 0 Å². The third kappa shape index (κ3) is 8.73. The molecule has 20 heavy (non-hydrogen) atoms. The number of amides is 2. The van der Waals surface area contributed by atoms with Crippen molar-refractivity contribution in [2.45, 2.75) is 32.5 Å². The maximum atomic E-state index is 11.9. The van der Waals surface area contributed by atoms with Crippen molar-refractivity contribution in [2.24, 2.45) is 5.92 Å². The summed E-state index contributed by atoms with van der Waals surface area (Å²) in [5.41, 5.74) is 0. The van der Waals surface area contributed by atoms with Gasteiger partial charge in [0.2, 0.25) is 11.8 Å². The van der Waals surface area contributed by atoms with E-state index < -0.39 is 31.2 Å². The first-order valence-corrected chi connectivity index (χ1v) is 6.31. The number of carbonyl (C=O) groups excluding carboxylic acids is 2. The first-order chi connectivity index (χ1) is 9.03. The second kappa shape index (κ2) is 8.08. The molecule has 0 saturated carbocycles. The van der Waals surface area contributed by atoms with Crippen molar-refractivity contribution in [3.05, 3.63) is 0 Å². The van der Waals surface area contributed by atoms with Crippen LogP contribution in [0.25, 0.3) is 0 Å². The van der Waals surface area contributed by atoms with Gasteiger partial charge in [-0.15, -0.1) is 0 Å². The number of hydrogen-bond acceptors (Lipinski definition) is 3. The van der Waals surface area contributed by atoms with Crippen LogP contribution in [0.1, 0.15) is 20.3 Å². The summed E-state index contributed by atoms with van der Waals surface area (Å²) in [5, 5.41) is 4.45. The summed E-state index contributed by atoms with van der Waals surface area (Å²) in [6.07, 6.45) is -3.93. The van der Waals surface area contributed by atoms with Crippen molar-refractivity contribution in [3.8, 4) is 0 Å². The van der Waals surface area contributed by atoms with E-state index in [1.807, 2.05) is 19.2 Å². The molecule has 5 nitrogen and oxygen atoms in total. The number of hydrogen-bond donors (Lipinski definition) is 2. The predicted molar refractivity (Wildman–Crippen MR) is 69.0 cm³/mol. The molecule has 1 unspecified atom stereocenters. The van der Waals surface area contributed by atoms with E-state index in [4.69, 9.17) is 0 Å². The lowest BCUT2D eigenvalue weighted by atomic mass is 10.0. The molecule has 118 valence electrons. The third-order valence-corrected chi connectivity index (χ3v) is 2.39. The number of likely N-dealkylation sites (N-methyl/N-ethyl adjacent to an activating group) is 1. The average molecular weight is 297 g/mol. The van der Waals surface area contributed by atoms with Crippen LogP contribution in [-0.4, -0.2) is 56.1 Å². The van der Waals surface area contributed by atoms with Crippen molar-refractivity contribution in [1.29, 1.82) is 0 Å². The Morgan fingerprint density at radius 3 is 2.15 bits per heavy atom. The Hall–Kier alpha value is -1.31. The zero-order chi connectivity index (χ0) is 15.9. The van der Waals surface area contributed by atoms with E-state index in [0.717, 1.165) is 0 Å². The van der Waals surface area contributed by atoms with E-state index in [2.05, 4.69) is 5.32 Å². The van der Waals surface area contributed by atoms with Crippen LogP contribution in [0, 0.1) is 5.92 Å². The number of carbonyl (C=O) groups is 2. The Morgan fingerprint density at radius 1 is 1.20 bits per heavy atom. The van der Waals surface area contributed by atoms with Crippen molar-refractivity contribution in [3.63, 3.8) is 0 Å². The molecule has 0 spiro atoms. The first-order valence-electron chi connectivity index (χ1n) is 6.31. The minimum atomic E-state index is -4.36. The van der Waals surface area contributed by atoms with Crippen molar-refractivity contribution < 1.29 is 22.8 Å². The van der Waals surface area contributed by atoms with Gasteiger partial charge in [-0.2, -0.15) is 13.2 Å². The largest absolute Gasteiger partial charge is 0.401 e. The Labute approximate surface area is 116 Å². The van der Waals surface area contributed by atoms with Crippen molar-refractivity contribution in [2.75, 3.05) is 27.2 Å². The Balaban J connectivity index is 4.36. The maximum Gasteiger partial charge on any atom is 0.401 e. The average Bonchev–Trinajstić information content (AvgIpc) is 2.24. The number of nitrogens with zero attached hydrogens (tertiary/aromatic N) is 1. The molecule has 0 aromatic rings. The van der Waals surface area contributed by atoms with Crippen molar-refractivity contribution >= 4 is 11.8 Å². The summed E-state index contributed by atoms with van der Waals surface area (Å²) < 4.78 is 35.8. The lowest BCUT2D eigenvalue weighted by Gasteiger charge is -2.23. The Bertz CT molecular complexity index is 330. The highest BCUT2D eigenvalue weighted by atomic mass is 19.4. The molecule has 0 bridgehead atoms. The molecule has 0 saturated heterocycles. The van der Waals surface area contributed by atoms with Crippen LogP contribution in [0.3, 0.4) is 0 Å². The smallest absolute Gasteiger partial charge is 0.347 e. The zero-order valence-electron chi connectivity index (χ0n) is 12.2. The fraction of sp³-hybridized carbons (Fsp3) is 0.833. The monoisotopic (exact) mass is 297 g/mol. The minimum absolute atomic E-state index is 0.173. The lowest BCUT2D eigenvalue weighted by Crippen LogP contribution is -2.49. The molecular weight excluding hydrogens is 275 g/mol. The standard InChI is InChI=1S/C12H22F3N3O2/c1-8(2)5-9(11(20)18(3)4)17-10(19)6-16-7-12(13,14)15/h8-9,16H,5-7H2,1-4H3,(H,17,19). The fourth-order valence-electron chi connectivity index (χ4n) is 1.57. The summed E-state index contributed by atoms with van der Waals surface area (Å²) in [7, 11) is 3.12. The molecule has 0 aromatic carbocycles. The molecule has 0 aliphatic heterocycles. The van der Waals surface area contributed by atoms with Gasteiger partial charge in [-0.05, 0) is 12.3 Å². The highest BCUT2D eigenvalue weighted by Crippen LogP contribution is 2.12. The van der Waals surface area contributed by atoms with Gasteiger partial charge in [0.25, 0.3) is 0 Å². The number of nitrogens with one attached hydrogen (secondary N) is 2. The lowest BCUT2D eigenvalue weighted by molar-refractivity contribution is -0.135. The van der Waals surface area contributed by atoms with Crippen LogP contribution < -0.4 is 10.6 Å². The summed E-state index contributed by atoms with van der Waals surface area (Å²) in [6.45, 7) is 2.07. The van der Waals surface area contributed by atoms with Crippen LogP contribution in [0.4, 0.5) is 13.2 Å². The molecular formula is C12H22F3N3O2. The summed E-state index contributed by atoms with van der Waals surface area (Å²) >= 11 is 0. The zero-order valence-corrected chi connectivity index (χ0v) is 12.2. The van der Waals surface area contributed by atoms with Crippen LogP contribution in [0.15, 0.2) is 0 Å². The van der Waals surface area contributed by atoms with Gasteiger partial charge in [-0.1, -0.05) is 13.8 Å². The topological polar surface area (TPSA) is 61.4 Å². The first kappa shape index (κ1) is 18.7. The quantitative estimate of drug-likeness (QED) is 0.729. The number of halogens is 3. The molecule has 2 N–H and O–H groups in total. The molecule has 0 aromatic heterocycles. The van der Waals surface area contributed by atoms with E-state index in [1.165, 1.54) is 4.90 Å². The predicted octanol–water partition coefficient (Wildman–Crippen LogP) is 0.757. The number of alkyl halides is 3. The van der Waals surface area contributed by atoms with Gasteiger partial charge in [-0.3, -0.25) is 9.59 Å². The van der Waals surface area contributed by atoms with E-state index in [9.17, 15) is 22.8 Å². The van der Waals surface area contributed by atoms with Gasteiger partial charge in [0.05, 0.1) is 13.1 Å². The molecule has 0 aliphatic rings. The Morgan fingerprint density at radius 2 is 1.75 bits per heavy atom.